The van der Waals surface area contributed by atoms with Crippen LogP contribution < -0.4 is 5.32 Å². The fourth-order valence-corrected chi connectivity index (χ4v) is 5.89. The van der Waals surface area contributed by atoms with Gasteiger partial charge in [0, 0.05) is 30.0 Å². The quantitative estimate of drug-likeness (QED) is 0.295. The molecular formula is C23H22N4O3S3. The number of thiophene rings is 1. The van der Waals surface area contributed by atoms with E-state index in [1.165, 1.54) is 44.3 Å². The third-order valence-corrected chi connectivity index (χ3v) is 8.86. The average molecular weight is 499 g/mol. The summed E-state index contributed by atoms with van der Waals surface area (Å²) in [5.41, 5.74) is 2.36. The predicted molar refractivity (Wildman–Crippen MR) is 134 cm³/mol. The first-order valence-corrected chi connectivity index (χ1v) is 13.3. The van der Waals surface area contributed by atoms with Gasteiger partial charge in [0.25, 0.3) is 0 Å². The van der Waals surface area contributed by atoms with Crippen molar-refractivity contribution in [2.24, 2.45) is 0 Å². The minimum atomic E-state index is -3.59. The van der Waals surface area contributed by atoms with E-state index in [0.717, 1.165) is 35.6 Å². The molecule has 0 aliphatic carbocycles. The van der Waals surface area contributed by atoms with Gasteiger partial charge in [-0.05, 0) is 36.2 Å². The number of amides is 1. The van der Waals surface area contributed by atoms with Crippen LogP contribution in [0.25, 0.3) is 20.7 Å². The normalized spacial score (nSPS) is 11.8. The monoisotopic (exact) mass is 498 g/mol. The van der Waals surface area contributed by atoms with Gasteiger partial charge in [-0.2, -0.15) is 0 Å². The van der Waals surface area contributed by atoms with Gasteiger partial charge in [-0.25, -0.2) is 22.7 Å². The van der Waals surface area contributed by atoms with Crippen LogP contribution in [0, 0.1) is 6.92 Å². The van der Waals surface area contributed by atoms with E-state index in [9.17, 15) is 13.2 Å². The summed E-state index contributed by atoms with van der Waals surface area (Å²) in [6, 6.07) is 16.8. The van der Waals surface area contributed by atoms with Crippen LogP contribution in [0.1, 0.15) is 5.56 Å². The number of hydrogen-bond acceptors (Lipinski definition) is 7. The van der Waals surface area contributed by atoms with Crippen molar-refractivity contribution in [3.05, 3.63) is 66.5 Å². The number of carbonyl (C=O) groups is 1. The van der Waals surface area contributed by atoms with Gasteiger partial charge in [-0.3, -0.25) is 4.79 Å². The summed E-state index contributed by atoms with van der Waals surface area (Å²) in [5, 5.41) is 4.47. The molecular weight excluding hydrogens is 476 g/mol. The Morgan fingerprint density at radius 1 is 1.09 bits per heavy atom. The van der Waals surface area contributed by atoms with Crippen LogP contribution in [0.2, 0.25) is 0 Å². The highest BCUT2D eigenvalue weighted by Gasteiger charge is 2.19. The molecule has 0 atom stereocenters. The highest BCUT2D eigenvalue weighted by Crippen LogP contribution is 2.36. The number of aryl methyl sites for hydroxylation is 1. The van der Waals surface area contributed by atoms with Crippen LogP contribution in [0.15, 0.2) is 70.8 Å². The summed E-state index contributed by atoms with van der Waals surface area (Å²) < 4.78 is 26.0. The topological polar surface area (TPSA) is 92.3 Å². The minimum Gasteiger partial charge on any atom is -0.325 e. The number of fused-ring (bicyclic) bond motifs is 1. The van der Waals surface area contributed by atoms with E-state index in [2.05, 4.69) is 21.4 Å². The van der Waals surface area contributed by atoms with E-state index in [1.807, 2.05) is 37.3 Å². The maximum absolute atomic E-state index is 12.7. The number of hydrogen-bond donors (Lipinski definition) is 1. The molecule has 0 fully saturated rings. The van der Waals surface area contributed by atoms with E-state index in [4.69, 9.17) is 0 Å². The van der Waals surface area contributed by atoms with Gasteiger partial charge in [0.05, 0.1) is 10.6 Å². The summed E-state index contributed by atoms with van der Waals surface area (Å²) in [7, 11) is -0.646. The summed E-state index contributed by atoms with van der Waals surface area (Å²) in [4.78, 5) is 23.5. The van der Waals surface area contributed by atoms with Gasteiger partial charge in [-0.15, -0.1) is 11.3 Å². The number of thioether (sulfide) groups is 1. The highest BCUT2D eigenvalue weighted by molar-refractivity contribution is 8.00. The van der Waals surface area contributed by atoms with E-state index < -0.39 is 10.0 Å². The Morgan fingerprint density at radius 2 is 1.85 bits per heavy atom. The molecule has 2 aromatic carbocycles. The highest BCUT2D eigenvalue weighted by atomic mass is 32.2. The van der Waals surface area contributed by atoms with Gasteiger partial charge in [0.1, 0.15) is 16.2 Å². The number of benzene rings is 2. The van der Waals surface area contributed by atoms with E-state index >= 15 is 0 Å². The number of anilines is 1. The Bertz CT molecular complexity index is 1420. The van der Waals surface area contributed by atoms with Crippen molar-refractivity contribution in [1.29, 1.82) is 0 Å². The Kier molecular flexibility index (Phi) is 6.80. The van der Waals surface area contributed by atoms with Crippen LogP contribution in [0.5, 0.6) is 0 Å². The maximum Gasteiger partial charge on any atom is 0.242 e. The average Bonchev–Trinajstić information content (AvgIpc) is 3.24. The van der Waals surface area contributed by atoms with Crippen LogP contribution >= 0.6 is 23.1 Å². The summed E-state index contributed by atoms with van der Waals surface area (Å²) >= 11 is 2.91. The zero-order chi connectivity index (χ0) is 23.6. The molecule has 0 radical (unpaired) electrons. The number of aromatic nitrogens is 2. The third kappa shape index (κ3) is 5.09. The lowest BCUT2D eigenvalue weighted by atomic mass is 10.2. The summed E-state index contributed by atoms with van der Waals surface area (Å²) in [6.07, 6.45) is 1.51. The van der Waals surface area contributed by atoms with E-state index in [-0.39, 0.29) is 16.6 Å². The first-order chi connectivity index (χ1) is 15.8. The smallest absolute Gasteiger partial charge is 0.242 e. The van der Waals surface area contributed by atoms with Crippen molar-refractivity contribution in [2.45, 2.75) is 16.8 Å². The minimum absolute atomic E-state index is 0.130. The molecule has 4 aromatic rings. The SMILES string of the molecule is Cc1ccc(S(=O)(=O)N(C)C)cc1NC(=O)CSc1ncnc2sc(-c3ccccc3)cc12. The first-order valence-electron chi connectivity index (χ1n) is 10.0. The number of sulfonamides is 1. The molecule has 170 valence electrons. The molecule has 0 spiro atoms. The molecule has 0 unspecified atom stereocenters. The Labute approximate surface area is 200 Å². The lowest BCUT2D eigenvalue weighted by Crippen LogP contribution is -2.22. The zero-order valence-corrected chi connectivity index (χ0v) is 20.7. The molecule has 0 aliphatic heterocycles. The van der Waals surface area contributed by atoms with Crippen molar-refractivity contribution in [2.75, 3.05) is 25.2 Å². The molecule has 0 bridgehead atoms. The Hall–Kier alpha value is -2.79. The van der Waals surface area contributed by atoms with Gasteiger partial charge in [0.15, 0.2) is 0 Å². The van der Waals surface area contributed by atoms with Crippen molar-refractivity contribution in [3.8, 4) is 10.4 Å². The van der Waals surface area contributed by atoms with E-state index in [0.29, 0.717) is 5.69 Å². The van der Waals surface area contributed by atoms with Crippen molar-refractivity contribution in [3.63, 3.8) is 0 Å². The second-order valence-corrected chi connectivity index (χ2v) is 11.6. The molecule has 2 heterocycles. The fraction of sp³-hybridized carbons (Fsp3) is 0.174. The third-order valence-electron chi connectivity index (χ3n) is 4.95. The largest absolute Gasteiger partial charge is 0.325 e. The van der Waals surface area contributed by atoms with Crippen molar-refractivity contribution >= 4 is 54.9 Å². The van der Waals surface area contributed by atoms with E-state index in [1.54, 1.807) is 17.4 Å². The summed E-state index contributed by atoms with van der Waals surface area (Å²) in [6.45, 7) is 1.82. The first kappa shape index (κ1) is 23.4. The fourth-order valence-electron chi connectivity index (χ4n) is 3.12. The van der Waals surface area contributed by atoms with Crippen LogP contribution in [-0.2, 0) is 14.8 Å². The van der Waals surface area contributed by atoms with Crippen LogP contribution in [0.3, 0.4) is 0 Å². The summed E-state index contributed by atoms with van der Waals surface area (Å²) in [5.74, 6) is -0.111. The van der Waals surface area contributed by atoms with Crippen LogP contribution in [0.4, 0.5) is 5.69 Å². The molecule has 0 saturated heterocycles. The molecule has 10 heteroatoms. The zero-order valence-electron chi connectivity index (χ0n) is 18.3. The van der Waals surface area contributed by atoms with Gasteiger partial charge >= 0.3 is 0 Å². The standard InChI is InChI=1S/C23H22N4O3S3/c1-15-9-10-17(33(29,30)27(2)3)11-19(15)26-21(28)13-31-22-18-12-20(16-7-5-4-6-8-16)32-23(18)25-14-24-22/h4-12,14H,13H2,1-3H3,(H,26,28). The van der Waals surface area contributed by atoms with Crippen molar-refractivity contribution in [1.82, 2.24) is 14.3 Å². The molecule has 2 aromatic heterocycles. The molecule has 4 rings (SSSR count). The second kappa shape index (κ2) is 9.60. The molecule has 1 amide bonds. The lowest BCUT2D eigenvalue weighted by Gasteiger charge is -2.14. The molecule has 7 nitrogen and oxygen atoms in total. The van der Waals surface area contributed by atoms with Crippen molar-refractivity contribution < 1.29 is 13.2 Å². The number of nitrogens with zero attached hydrogens (tertiary/aromatic N) is 3. The molecule has 1 N–H and O–H groups in total. The maximum atomic E-state index is 12.7. The van der Waals surface area contributed by atoms with Gasteiger partial charge in [-0.1, -0.05) is 48.2 Å². The van der Waals surface area contributed by atoms with Gasteiger partial charge in [0.2, 0.25) is 15.9 Å². The number of rotatable bonds is 7. The van der Waals surface area contributed by atoms with Crippen LogP contribution in [-0.4, -0.2) is 48.4 Å². The molecule has 0 aliphatic rings. The van der Waals surface area contributed by atoms with Gasteiger partial charge < -0.3 is 5.32 Å². The lowest BCUT2D eigenvalue weighted by molar-refractivity contribution is -0.113. The predicted octanol–water partition coefficient (Wildman–Crippen LogP) is 4.65. The second-order valence-electron chi connectivity index (χ2n) is 7.48. The molecule has 33 heavy (non-hydrogen) atoms. The number of nitrogens with one attached hydrogen (secondary N) is 1. The Morgan fingerprint density at radius 3 is 2.58 bits per heavy atom. The molecule has 0 saturated carbocycles. The Balaban J connectivity index is 1.50. The number of carbonyl (C=O) groups excluding carboxylic acids is 1.